The predicted molar refractivity (Wildman–Crippen MR) is 68.0 cm³/mol. The lowest BCUT2D eigenvalue weighted by atomic mass is 9.87. The van der Waals surface area contributed by atoms with Gasteiger partial charge in [-0.15, -0.1) is 0 Å². The largest absolute Gasteiger partial charge is 0.496 e. The van der Waals surface area contributed by atoms with Crippen LogP contribution in [-0.2, 0) is 16.9 Å². The van der Waals surface area contributed by atoms with Crippen molar-refractivity contribution in [2.75, 3.05) is 14.2 Å². The van der Waals surface area contributed by atoms with Crippen LogP contribution in [0.2, 0.25) is 0 Å². The van der Waals surface area contributed by atoms with Crippen molar-refractivity contribution in [3.8, 4) is 5.75 Å². The highest BCUT2D eigenvalue weighted by molar-refractivity contribution is 5.42. The molecule has 0 spiro atoms. The minimum atomic E-state index is -0.213. The summed E-state index contributed by atoms with van der Waals surface area (Å²) in [6.45, 7) is 0.618. The third-order valence-corrected chi connectivity index (χ3v) is 3.61. The van der Waals surface area contributed by atoms with E-state index >= 15 is 0 Å². The molecule has 17 heavy (non-hydrogen) atoms. The average Bonchev–Trinajstić information content (AvgIpc) is 2.78. The molecule has 0 aliphatic heterocycles. The van der Waals surface area contributed by atoms with Crippen LogP contribution >= 0.6 is 0 Å². The summed E-state index contributed by atoms with van der Waals surface area (Å²) < 4.78 is 10.6. The van der Waals surface area contributed by atoms with E-state index < -0.39 is 0 Å². The Morgan fingerprint density at radius 1 is 1.24 bits per heavy atom. The quantitative estimate of drug-likeness (QED) is 0.872. The van der Waals surface area contributed by atoms with Crippen molar-refractivity contribution in [3.05, 3.63) is 29.3 Å². The number of hydrogen-bond donors (Lipinski definition) is 1. The lowest BCUT2D eigenvalue weighted by Gasteiger charge is -2.26. The zero-order valence-corrected chi connectivity index (χ0v) is 10.7. The third kappa shape index (κ3) is 2.45. The summed E-state index contributed by atoms with van der Waals surface area (Å²) >= 11 is 0. The Kier molecular flexibility index (Phi) is 3.69. The summed E-state index contributed by atoms with van der Waals surface area (Å²) in [5.41, 5.74) is 8.57. The summed E-state index contributed by atoms with van der Waals surface area (Å²) in [5.74, 6) is 0.897. The first kappa shape index (κ1) is 12.4. The van der Waals surface area contributed by atoms with Crippen molar-refractivity contribution in [2.24, 2.45) is 5.73 Å². The molecule has 1 aromatic carbocycles. The Morgan fingerprint density at radius 2 is 1.94 bits per heavy atom. The van der Waals surface area contributed by atoms with E-state index in [0.717, 1.165) is 29.7 Å². The number of ether oxygens (including phenoxy) is 2. The maximum Gasteiger partial charge on any atom is 0.123 e. The first-order chi connectivity index (χ1) is 8.19. The molecule has 2 N–H and O–H groups in total. The van der Waals surface area contributed by atoms with Gasteiger partial charge in [-0.05, 0) is 30.5 Å². The van der Waals surface area contributed by atoms with Crippen LogP contribution in [0.15, 0.2) is 18.2 Å². The minimum Gasteiger partial charge on any atom is -0.496 e. The van der Waals surface area contributed by atoms with Crippen LogP contribution in [0.1, 0.15) is 36.8 Å². The van der Waals surface area contributed by atoms with E-state index in [4.69, 9.17) is 15.2 Å². The number of methoxy groups -OCH3 is 2. The van der Waals surface area contributed by atoms with Gasteiger partial charge in [0, 0.05) is 18.2 Å². The Balaban J connectivity index is 2.38. The lowest BCUT2D eigenvalue weighted by Crippen LogP contribution is -2.33. The van der Waals surface area contributed by atoms with Crippen molar-refractivity contribution in [1.29, 1.82) is 0 Å². The van der Waals surface area contributed by atoms with Gasteiger partial charge < -0.3 is 15.2 Å². The van der Waals surface area contributed by atoms with Crippen molar-refractivity contribution in [2.45, 2.75) is 37.8 Å². The zero-order valence-electron chi connectivity index (χ0n) is 10.7. The van der Waals surface area contributed by atoms with E-state index in [-0.39, 0.29) is 5.54 Å². The molecular weight excluding hydrogens is 214 g/mol. The fourth-order valence-electron chi connectivity index (χ4n) is 2.68. The highest BCUT2D eigenvalue weighted by Gasteiger charge is 2.33. The van der Waals surface area contributed by atoms with Crippen LogP contribution in [0.25, 0.3) is 0 Å². The third-order valence-electron chi connectivity index (χ3n) is 3.61. The molecule has 0 aromatic heterocycles. The Bertz CT molecular complexity index is 384. The van der Waals surface area contributed by atoms with Crippen molar-refractivity contribution in [1.82, 2.24) is 0 Å². The Hall–Kier alpha value is -1.06. The topological polar surface area (TPSA) is 44.5 Å². The van der Waals surface area contributed by atoms with E-state index in [0.29, 0.717) is 6.61 Å². The molecule has 0 atom stereocenters. The highest BCUT2D eigenvalue weighted by Crippen LogP contribution is 2.40. The molecule has 1 aromatic rings. The number of hydrogen-bond acceptors (Lipinski definition) is 3. The standard InChI is InChI=1S/C14H21NO2/c1-16-10-11-5-6-13(17-2)12(9-11)14(15)7-3-4-8-14/h5-6,9H,3-4,7-8,10,15H2,1-2H3. The smallest absolute Gasteiger partial charge is 0.123 e. The van der Waals surface area contributed by atoms with E-state index in [2.05, 4.69) is 6.07 Å². The molecule has 0 saturated heterocycles. The van der Waals surface area contributed by atoms with Gasteiger partial charge >= 0.3 is 0 Å². The summed E-state index contributed by atoms with van der Waals surface area (Å²) in [7, 11) is 3.41. The fraction of sp³-hybridized carbons (Fsp3) is 0.571. The molecule has 1 aliphatic carbocycles. The average molecular weight is 235 g/mol. The van der Waals surface area contributed by atoms with Gasteiger partial charge in [-0.1, -0.05) is 18.9 Å². The summed E-state index contributed by atoms with van der Waals surface area (Å²) in [6.07, 6.45) is 4.49. The van der Waals surface area contributed by atoms with Crippen LogP contribution < -0.4 is 10.5 Å². The molecule has 94 valence electrons. The molecule has 0 unspecified atom stereocenters. The first-order valence-electron chi connectivity index (χ1n) is 6.15. The maximum atomic E-state index is 6.50. The van der Waals surface area contributed by atoms with Gasteiger partial charge in [-0.25, -0.2) is 0 Å². The fourth-order valence-corrected chi connectivity index (χ4v) is 2.68. The maximum absolute atomic E-state index is 6.50. The van der Waals surface area contributed by atoms with Gasteiger partial charge in [0.1, 0.15) is 5.75 Å². The molecule has 1 saturated carbocycles. The van der Waals surface area contributed by atoms with Gasteiger partial charge in [-0.2, -0.15) is 0 Å². The number of rotatable bonds is 4. The van der Waals surface area contributed by atoms with Gasteiger partial charge in [0.2, 0.25) is 0 Å². The minimum absolute atomic E-state index is 0.213. The van der Waals surface area contributed by atoms with Gasteiger partial charge in [0.05, 0.1) is 13.7 Å². The summed E-state index contributed by atoms with van der Waals surface area (Å²) in [6, 6.07) is 6.16. The van der Waals surface area contributed by atoms with Crippen LogP contribution in [0.5, 0.6) is 5.75 Å². The molecule has 1 aliphatic rings. The van der Waals surface area contributed by atoms with Gasteiger partial charge in [0.15, 0.2) is 0 Å². The zero-order chi connectivity index (χ0) is 12.3. The van der Waals surface area contributed by atoms with Crippen LogP contribution in [0, 0.1) is 0 Å². The molecule has 3 nitrogen and oxygen atoms in total. The van der Waals surface area contributed by atoms with Crippen molar-refractivity contribution < 1.29 is 9.47 Å². The molecule has 0 radical (unpaired) electrons. The first-order valence-corrected chi connectivity index (χ1v) is 6.15. The molecule has 0 bridgehead atoms. The van der Waals surface area contributed by atoms with Gasteiger partial charge in [-0.3, -0.25) is 0 Å². The number of benzene rings is 1. The van der Waals surface area contributed by atoms with E-state index in [1.54, 1.807) is 14.2 Å². The monoisotopic (exact) mass is 235 g/mol. The molecule has 0 heterocycles. The Labute approximate surface area is 103 Å². The number of nitrogens with two attached hydrogens (primary N) is 1. The van der Waals surface area contributed by atoms with E-state index in [1.807, 2.05) is 12.1 Å². The van der Waals surface area contributed by atoms with Crippen LogP contribution in [0.3, 0.4) is 0 Å². The summed E-state index contributed by atoms with van der Waals surface area (Å²) in [5, 5.41) is 0. The summed E-state index contributed by atoms with van der Waals surface area (Å²) in [4.78, 5) is 0. The van der Waals surface area contributed by atoms with Crippen LogP contribution in [0.4, 0.5) is 0 Å². The molecule has 3 heteroatoms. The van der Waals surface area contributed by atoms with Crippen molar-refractivity contribution in [3.63, 3.8) is 0 Å². The van der Waals surface area contributed by atoms with Gasteiger partial charge in [0.25, 0.3) is 0 Å². The lowest BCUT2D eigenvalue weighted by molar-refractivity contribution is 0.184. The normalized spacial score (nSPS) is 18.3. The SMILES string of the molecule is COCc1ccc(OC)c(C2(N)CCCC2)c1. The van der Waals surface area contributed by atoms with Crippen LogP contribution in [-0.4, -0.2) is 14.2 Å². The van der Waals surface area contributed by atoms with Crippen molar-refractivity contribution >= 4 is 0 Å². The van der Waals surface area contributed by atoms with E-state index in [9.17, 15) is 0 Å². The second-order valence-electron chi connectivity index (χ2n) is 4.83. The molecule has 1 fully saturated rings. The van der Waals surface area contributed by atoms with E-state index in [1.165, 1.54) is 12.8 Å². The molecular formula is C14H21NO2. The Morgan fingerprint density at radius 3 is 2.53 bits per heavy atom. The predicted octanol–water partition coefficient (Wildman–Crippen LogP) is 2.57. The molecule has 0 amide bonds. The molecule has 2 rings (SSSR count). The second kappa shape index (κ2) is 5.07. The highest BCUT2D eigenvalue weighted by atomic mass is 16.5. The second-order valence-corrected chi connectivity index (χ2v) is 4.83.